The second-order valence-electron chi connectivity index (χ2n) is 2.62. The number of carbonyl (C=O) groups is 1. The van der Waals surface area contributed by atoms with E-state index in [0.29, 0.717) is 5.69 Å². The Labute approximate surface area is 74.1 Å². The number of aromatic nitrogens is 1. The molecule has 0 aliphatic heterocycles. The number of Topliss-reactive ketones (excluding diaryl/α,β-unsaturated/α-hetero) is 1. The Morgan fingerprint density at radius 1 is 1.36 bits per heavy atom. The summed E-state index contributed by atoms with van der Waals surface area (Å²) < 4.78 is 0.903. The van der Waals surface area contributed by atoms with Crippen molar-refractivity contribution in [2.24, 2.45) is 0 Å². The summed E-state index contributed by atoms with van der Waals surface area (Å²) in [6.45, 7) is 5.47. The van der Waals surface area contributed by atoms with E-state index in [9.17, 15) is 4.79 Å². The predicted octanol–water partition coefficient (Wildman–Crippen LogP) is 2.60. The monoisotopic (exact) mass is 215 g/mol. The van der Waals surface area contributed by atoms with Gasteiger partial charge in [0.05, 0.1) is 10.3 Å². The smallest absolute Gasteiger partial charge is 0.176 e. The largest absolute Gasteiger partial charge is 0.346 e. The number of hydrogen-bond acceptors (Lipinski definition) is 1. The number of hydrogen-bond donors (Lipinski definition) is 1. The van der Waals surface area contributed by atoms with E-state index in [2.05, 4.69) is 20.9 Å². The summed E-state index contributed by atoms with van der Waals surface area (Å²) in [6.07, 6.45) is 0. The molecule has 3 heteroatoms. The standard InChI is InChI=1S/C8H10BrNO/c1-4-5(2)8(9)10-7(4)6(3)11/h10H,1-3H3. The van der Waals surface area contributed by atoms with Gasteiger partial charge in [-0.25, -0.2) is 0 Å². The molecule has 0 saturated carbocycles. The average Bonchev–Trinajstić information content (AvgIpc) is 2.17. The van der Waals surface area contributed by atoms with E-state index >= 15 is 0 Å². The average molecular weight is 216 g/mol. The number of ketones is 1. The Morgan fingerprint density at radius 2 is 1.91 bits per heavy atom. The van der Waals surface area contributed by atoms with E-state index in [1.807, 2.05) is 13.8 Å². The van der Waals surface area contributed by atoms with E-state index in [1.54, 1.807) is 6.92 Å². The van der Waals surface area contributed by atoms with Crippen LogP contribution in [-0.2, 0) is 0 Å². The first-order chi connectivity index (χ1) is 5.04. The van der Waals surface area contributed by atoms with Gasteiger partial charge in [0.25, 0.3) is 0 Å². The van der Waals surface area contributed by atoms with Gasteiger partial charge >= 0.3 is 0 Å². The molecule has 0 aromatic carbocycles. The minimum absolute atomic E-state index is 0.0799. The topological polar surface area (TPSA) is 32.9 Å². The van der Waals surface area contributed by atoms with Gasteiger partial charge in [0.15, 0.2) is 5.78 Å². The van der Waals surface area contributed by atoms with Gasteiger partial charge in [-0.15, -0.1) is 0 Å². The van der Waals surface area contributed by atoms with Crippen LogP contribution in [0.1, 0.15) is 28.5 Å². The molecule has 1 heterocycles. The zero-order chi connectivity index (χ0) is 8.59. The van der Waals surface area contributed by atoms with Crippen molar-refractivity contribution < 1.29 is 4.79 Å². The molecule has 0 fully saturated rings. The van der Waals surface area contributed by atoms with E-state index in [0.717, 1.165) is 15.7 Å². The lowest BCUT2D eigenvalue weighted by molar-refractivity contribution is 0.101. The predicted molar refractivity (Wildman–Crippen MR) is 48.0 cm³/mol. The fourth-order valence-electron chi connectivity index (χ4n) is 1.00. The van der Waals surface area contributed by atoms with Gasteiger partial charge in [0, 0.05) is 6.92 Å². The van der Waals surface area contributed by atoms with Crippen LogP contribution < -0.4 is 0 Å². The summed E-state index contributed by atoms with van der Waals surface area (Å²) in [5, 5.41) is 0. The van der Waals surface area contributed by atoms with Gasteiger partial charge in [-0.1, -0.05) is 0 Å². The third kappa shape index (κ3) is 1.38. The molecule has 0 atom stereocenters. The first-order valence-electron chi connectivity index (χ1n) is 3.39. The number of aromatic amines is 1. The van der Waals surface area contributed by atoms with Crippen molar-refractivity contribution in [2.45, 2.75) is 20.8 Å². The van der Waals surface area contributed by atoms with Crippen LogP contribution in [0, 0.1) is 13.8 Å². The Kier molecular flexibility index (Phi) is 2.18. The Balaban J connectivity index is 3.29. The van der Waals surface area contributed by atoms with E-state index in [4.69, 9.17) is 0 Å². The highest BCUT2D eigenvalue weighted by molar-refractivity contribution is 9.10. The van der Waals surface area contributed by atoms with Gasteiger partial charge < -0.3 is 4.98 Å². The summed E-state index contributed by atoms with van der Waals surface area (Å²) in [5.41, 5.74) is 2.84. The maximum absolute atomic E-state index is 11.0. The Hall–Kier alpha value is -0.570. The zero-order valence-electron chi connectivity index (χ0n) is 6.79. The molecule has 0 spiro atoms. The molecule has 0 unspecified atom stereocenters. The number of rotatable bonds is 1. The molecule has 0 radical (unpaired) electrons. The fraction of sp³-hybridized carbons (Fsp3) is 0.375. The van der Waals surface area contributed by atoms with Crippen molar-refractivity contribution in [3.05, 3.63) is 21.4 Å². The van der Waals surface area contributed by atoms with Crippen LogP contribution in [0.3, 0.4) is 0 Å². The van der Waals surface area contributed by atoms with Crippen molar-refractivity contribution in [2.75, 3.05) is 0 Å². The van der Waals surface area contributed by atoms with Crippen LogP contribution in [0.4, 0.5) is 0 Å². The molecular weight excluding hydrogens is 206 g/mol. The summed E-state index contributed by atoms with van der Waals surface area (Å²) in [7, 11) is 0. The lowest BCUT2D eigenvalue weighted by Gasteiger charge is -1.91. The summed E-state index contributed by atoms with van der Waals surface area (Å²) in [5.74, 6) is 0.0799. The second kappa shape index (κ2) is 2.81. The molecule has 11 heavy (non-hydrogen) atoms. The quantitative estimate of drug-likeness (QED) is 0.719. The van der Waals surface area contributed by atoms with Crippen LogP contribution in [0.15, 0.2) is 4.60 Å². The number of nitrogens with one attached hydrogen (secondary N) is 1. The first-order valence-corrected chi connectivity index (χ1v) is 4.19. The lowest BCUT2D eigenvalue weighted by Crippen LogP contribution is -1.94. The molecule has 0 amide bonds. The summed E-state index contributed by atoms with van der Waals surface area (Å²) in [6, 6.07) is 0. The van der Waals surface area contributed by atoms with Crippen molar-refractivity contribution >= 4 is 21.7 Å². The second-order valence-corrected chi connectivity index (χ2v) is 3.41. The maximum Gasteiger partial charge on any atom is 0.176 e. The third-order valence-corrected chi connectivity index (χ3v) is 2.65. The van der Waals surface area contributed by atoms with Crippen LogP contribution in [0.25, 0.3) is 0 Å². The van der Waals surface area contributed by atoms with Gasteiger partial charge in [-0.3, -0.25) is 4.79 Å². The number of halogens is 1. The van der Waals surface area contributed by atoms with Crippen molar-refractivity contribution in [3.63, 3.8) is 0 Å². The van der Waals surface area contributed by atoms with E-state index < -0.39 is 0 Å². The summed E-state index contributed by atoms with van der Waals surface area (Å²) >= 11 is 3.33. The molecule has 0 aliphatic carbocycles. The van der Waals surface area contributed by atoms with Gasteiger partial charge in [0.1, 0.15) is 0 Å². The molecule has 0 bridgehead atoms. The third-order valence-electron chi connectivity index (χ3n) is 1.85. The minimum atomic E-state index is 0.0799. The maximum atomic E-state index is 11.0. The van der Waals surface area contributed by atoms with Gasteiger partial charge in [-0.2, -0.15) is 0 Å². The van der Waals surface area contributed by atoms with Gasteiger partial charge in [-0.05, 0) is 40.9 Å². The highest BCUT2D eigenvalue weighted by Crippen LogP contribution is 2.21. The number of carbonyl (C=O) groups excluding carboxylic acids is 1. The first kappa shape index (κ1) is 8.53. The van der Waals surface area contributed by atoms with Gasteiger partial charge in [0.2, 0.25) is 0 Å². The van der Waals surface area contributed by atoms with Crippen LogP contribution in [-0.4, -0.2) is 10.8 Å². The Bertz CT molecular complexity index is 301. The molecular formula is C8H10BrNO. The van der Waals surface area contributed by atoms with Crippen LogP contribution >= 0.6 is 15.9 Å². The highest BCUT2D eigenvalue weighted by Gasteiger charge is 2.10. The highest BCUT2D eigenvalue weighted by atomic mass is 79.9. The molecule has 2 nitrogen and oxygen atoms in total. The number of H-pyrrole nitrogens is 1. The minimum Gasteiger partial charge on any atom is -0.346 e. The fourth-order valence-corrected chi connectivity index (χ4v) is 1.50. The van der Waals surface area contributed by atoms with E-state index in [1.165, 1.54) is 0 Å². The van der Waals surface area contributed by atoms with Crippen LogP contribution in [0.5, 0.6) is 0 Å². The summed E-state index contributed by atoms with van der Waals surface area (Å²) in [4.78, 5) is 14.0. The van der Waals surface area contributed by atoms with E-state index in [-0.39, 0.29) is 5.78 Å². The van der Waals surface area contributed by atoms with Crippen molar-refractivity contribution in [1.29, 1.82) is 0 Å². The SMILES string of the molecule is CC(=O)c1[nH]c(Br)c(C)c1C. The Morgan fingerprint density at radius 3 is 2.09 bits per heavy atom. The van der Waals surface area contributed by atoms with Crippen molar-refractivity contribution in [3.8, 4) is 0 Å². The molecule has 0 aliphatic rings. The molecule has 0 saturated heterocycles. The van der Waals surface area contributed by atoms with Crippen LogP contribution in [0.2, 0.25) is 0 Å². The van der Waals surface area contributed by atoms with Crippen molar-refractivity contribution in [1.82, 2.24) is 4.98 Å². The molecule has 60 valence electrons. The molecule has 1 rings (SSSR count). The lowest BCUT2D eigenvalue weighted by atomic mass is 10.1. The zero-order valence-corrected chi connectivity index (χ0v) is 8.37. The molecule has 1 N–H and O–H groups in total. The normalized spacial score (nSPS) is 10.2. The molecule has 1 aromatic rings. The molecule has 1 aromatic heterocycles.